The molecule has 2 aromatic carbocycles. The predicted octanol–water partition coefficient (Wildman–Crippen LogP) is 3.25. The Morgan fingerprint density at radius 1 is 0.947 bits per heavy atom. The summed E-state index contributed by atoms with van der Waals surface area (Å²) in [6.45, 7) is -0.00793. The molecule has 2 N–H and O–H groups in total. The average molecular weight is 267 g/mol. The van der Waals surface area contributed by atoms with Crippen molar-refractivity contribution in [1.29, 1.82) is 0 Å². The van der Waals surface area contributed by atoms with E-state index in [2.05, 4.69) is 5.32 Å². The SMILES string of the molecule is OC(CNc1ccccc1F)c1ccc(F)c(F)c1. The third kappa shape index (κ3) is 3.26. The lowest BCUT2D eigenvalue weighted by molar-refractivity contribution is 0.191. The minimum absolute atomic E-state index is 0.00793. The summed E-state index contributed by atoms with van der Waals surface area (Å²) in [6.07, 6.45) is -1.06. The van der Waals surface area contributed by atoms with Gasteiger partial charge in [0, 0.05) is 6.54 Å². The molecule has 2 nitrogen and oxygen atoms in total. The predicted molar refractivity (Wildman–Crippen MR) is 66.2 cm³/mol. The van der Waals surface area contributed by atoms with Crippen molar-refractivity contribution in [2.45, 2.75) is 6.10 Å². The summed E-state index contributed by atoms with van der Waals surface area (Å²) in [5.41, 5.74) is 0.465. The van der Waals surface area contributed by atoms with Crippen molar-refractivity contribution in [3.8, 4) is 0 Å². The lowest BCUT2D eigenvalue weighted by Crippen LogP contribution is -2.13. The minimum atomic E-state index is -1.06. The van der Waals surface area contributed by atoms with Crippen LogP contribution in [0, 0.1) is 17.5 Å². The van der Waals surface area contributed by atoms with Gasteiger partial charge >= 0.3 is 0 Å². The van der Waals surface area contributed by atoms with Gasteiger partial charge < -0.3 is 10.4 Å². The molecule has 19 heavy (non-hydrogen) atoms. The lowest BCUT2D eigenvalue weighted by atomic mass is 10.1. The van der Waals surface area contributed by atoms with Gasteiger partial charge in [0.1, 0.15) is 5.82 Å². The van der Waals surface area contributed by atoms with Gasteiger partial charge in [0.15, 0.2) is 11.6 Å². The Hall–Kier alpha value is -2.01. The Bertz CT molecular complexity index is 574. The van der Waals surface area contributed by atoms with Crippen LogP contribution in [0.1, 0.15) is 11.7 Å². The fourth-order valence-electron chi connectivity index (χ4n) is 1.65. The highest BCUT2D eigenvalue weighted by Crippen LogP contribution is 2.18. The molecule has 0 heterocycles. The number of hydrogen-bond acceptors (Lipinski definition) is 2. The average Bonchev–Trinajstić information content (AvgIpc) is 2.40. The molecule has 2 rings (SSSR count). The molecule has 0 aromatic heterocycles. The zero-order valence-corrected chi connectivity index (χ0v) is 9.91. The fourth-order valence-corrected chi connectivity index (χ4v) is 1.65. The zero-order valence-electron chi connectivity index (χ0n) is 9.91. The summed E-state index contributed by atoms with van der Waals surface area (Å²) in [5, 5.41) is 12.5. The number of benzene rings is 2. The molecule has 0 aliphatic heterocycles. The lowest BCUT2D eigenvalue weighted by Gasteiger charge is -2.13. The molecule has 0 aliphatic carbocycles. The summed E-state index contributed by atoms with van der Waals surface area (Å²) in [7, 11) is 0. The van der Waals surface area contributed by atoms with Gasteiger partial charge in [-0.25, -0.2) is 13.2 Å². The van der Waals surface area contributed by atoms with Crippen LogP contribution in [0.25, 0.3) is 0 Å². The monoisotopic (exact) mass is 267 g/mol. The van der Waals surface area contributed by atoms with Crippen LogP contribution in [0.2, 0.25) is 0 Å². The molecular weight excluding hydrogens is 255 g/mol. The minimum Gasteiger partial charge on any atom is -0.387 e. The number of aliphatic hydroxyl groups is 1. The number of hydrogen-bond donors (Lipinski definition) is 2. The van der Waals surface area contributed by atoms with Crippen molar-refractivity contribution in [3.63, 3.8) is 0 Å². The Balaban J connectivity index is 2.03. The van der Waals surface area contributed by atoms with Gasteiger partial charge in [-0.15, -0.1) is 0 Å². The maximum absolute atomic E-state index is 13.3. The fraction of sp³-hybridized carbons (Fsp3) is 0.143. The van der Waals surface area contributed by atoms with Crippen molar-refractivity contribution < 1.29 is 18.3 Å². The first kappa shape index (κ1) is 13.4. The molecule has 0 saturated carbocycles. The molecular formula is C14H12F3NO. The molecule has 2 aromatic rings. The van der Waals surface area contributed by atoms with E-state index >= 15 is 0 Å². The number of rotatable bonds is 4. The van der Waals surface area contributed by atoms with E-state index in [4.69, 9.17) is 0 Å². The number of aliphatic hydroxyl groups excluding tert-OH is 1. The van der Waals surface area contributed by atoms with Gasteiger partial charge in [0.2, 0.25) is 0 Å². The summed E-state index contributed by atoms with van der Waals surface area (Å²) in [5.74, 6) is -2.44. The smallest absolute Gasteiger partial charge is 0.159 e. The quantitative estimate of drug-likeness (QED) is 0.891. The van der Waals surface area contributed by atoms with Crippen LogP contribution in [-0.2, 0) is 0 Å². The number of anilines is 1. The number of halogens is 3. The van der Waals surface area contributed by atoms with Crippen molar-refractivity contribution >= 4 is 5.69 Å². The molecule has 0 spiro atoms. The third-order valence-corrected chi connectivity index (χ3v) is 2.69. The van der Waals surface area contributed by atoms with Crippen LogP contribution in [0.15, 0.2) is 42.5 Å². The Kier molecular flexibility index (Phi) is 4.06. The number of nitrogens with one attached hydrogen (secondary N) is 1. The van der Waals surface area contributed by atoms with Gasteiger partial charge in [-0.3, -0.25) is 0 Å². The van der Waals surface area contributed by atoms with Crippen LogP contribution in [-0.4, -0.2) is 11.7 Å². The molecule has 1 atom stereocenters. The molecule has 100 valence electrons. The summed E-state index contributed by atoms with van der Waals surface area (Å²) in [4.78, 5) is 0. The molecule has 5 heteroatoms. The van der Waals surface area contributed by atoms with Crippen molar-refractivity contribution in [3.05, 3.63) is 65.5 Å². The van der Waals surface area contributed by atoms with E-state index in [1.165, 1.54) is 18.2 Å². The maximum atomic E-state index is 13.3. The van der Waals surface area contributed by atoms with E-state index in [1.54, 1.807) is 12.1 Å². The molecule has 0 aliphatic rings. The van der Waals surface area contributed by atoms with E-state index in [0.717, 1.165) is 12.1 Å². The van der Waals surface area contributed by atoms with Crippen LogP contribution in [0.3, 0.4) is 0 Å². The second-order valence-electron chi connectivity index (χ2n) is 4.05. The van der Waals surface area contributed by atoms with Crippen LogP contribution in [0.4, 0.5) is 18.9 Å². The van der Waals surface area contributed by atoms with Crippen molar-refractivity contribution in [1.82, 2.24) is 0 Å². The standard InChI is InChI=1S/C14H12F3NO/c15-10-6-5-9(7-12(10)17)14(19)8-18-13-4-2-1-3-11(13)16/h1-7,14,18-19H,8H2. The van der Waals surface area contributed by atoms with Crippen LogP contribution in [0.5, 0.6) is 0 Å². The summed E-state index contributed by atoms with van der Waals surface area (Å²) < 4.78 is 39.1. The van der Waals surface area contributed by atoms with Gasteiger partial charge in [-0.2, -0.15) is 0 Å². The Morgan fingerprint density at radius 3 is 2.37 bits per heavy atom. The largest absolute Gasteiger partial charge is 0.387 e. The highest BCUT2D eigenvalue weighted by Gasteiger charge is 2.11. The third-order valence-electron chi connectivity index (χ3n) is 2.69. The highest BCUT2D eigenvalue weighted by molar-refractivity contribution is 5.44. The summed E-state index contributed by atoms with van der Waals surface area (Å²) >= 11 is 0. The number of para-hydroxylation sites is 1. The Morgan fingerprint density at radius 2 is 1.68 bits per heavy atom. The molecule has 1 unspecified atom stereocenters. The second kappa shape index (κ2) is 5.75. The molecule has 0 radical (unpaired) electrons. The van der Waals surface area contributed by atoms with E-state index in [0.29, 0.717) is 0 Å². The summed E-state index contributed by atoms with van der Waals surface area (Å²) in [6, 6.07) is 9.15. The first-order valence-corrected chi connectivity index (χ1v) is 5.69. The van der Waals surface area contributed by atoms with E-state index < -0.39 is 23.6 Å². The molecule has 0 saturated heterocycles. The first-order chi connectivity index (χ1) is 9.08. The topological polar surface area (TPSA) is 32.3 Å². The van der Waals surface area contributed by atoms with Gasteiger partial charge in [-0.05, 0) is 29.8 Å². The second-order valence-corrected chi connectivity index (χ2v) is 4.05. The van der Waals surface area contributed by atoms with E-state index in [1.807, 2.05) is 0 Å². The van der Waals surface area contributed by atoms with Gasteiger partial charge in [-0.1, -0.05) is 18.2 Å². The van der Waals surface area contributed by atoms with Gasteiger partial charge in [0.05, 0.1) is 11.8 Å². The van der Waals surface area contributed by atoms with E-state index in [9.17, 15) is 18.3 Å². The Labute approximate surface area is 108 Å². The maximum Gasteiger partial charge on any atom is 0.159 e. The first-order valence-electron chi connectivity index (χ1n) is 5.69. The van der Waals surface area contributed by atoms with Crippen molar-refractivity contribution in [2.24, 2.45) is 0 Å². The van der Waals surface area contributed by atoms with Crippen LogP contribution >= 0.6 is 0 Å². The van der Waals surface area contributed by atoms with Gasteiger partial charge in [0.25, 0.3) is 0 Å². The highest BCUT2D eigenvalue weighted by atomic mass is 19.2. The molecule has 0 bridgehead atoms. The molecule has 0 fully saturated rings. The van der Waals surface area contributed by atoms with Crippen LogP contribution < -0.4 is 5.32 Å². The van der Waals surface area contributed by atoms with E-state index in [-0.39, 0.29) is 17.8 Å². The molecule has 0 amide bonds. The zero-order chi connectivity index (χ0) is 13.8. The normalized spacial score (nSPS) is 12.2. The van der Waals surface area contributed by atoms with Crippen molar-refractivity contribution in [2.75, 3.05) is 11.9 Å².